The molecule has 156 valence electrons. The molecular formula is C20H20FN5O3S. The fourth-order valence-corrected chi connectivity index (χ4v) is 4.69. The van der Waals surface area contributed by atoms with E-state index in [9.17, 15) is 12.8 Å². The van der Waals surface area contributed by atoms with Crippen molar-refractivity contribution in [3.8, 4) is 11.4 Å². The third-order valence-corrected chi connectivity index (χ3v) is 6.42. The lowest BCUT2D eigenvalue weighted by Gasteiger charge is -2.34. The molecule has 5 rings (SSSR count). The molecule has 1 atom stereocenters. The van der Waals surface area contributed by atoms with E-state index >= 15 is 0 Å². The van der Waals surface area contributed by atoms with E-state index in [1.165, 1.54) is 22.7 Å². The smallest absolute Gasteiger partial charge is 0.192 e. The number of aromatic amines is 1. The summed E-state index contributed by atoms with van der Waals surface area (Å²) >= 11 is 0. The summed E-state index contributed by atoms with van der Waals surface area (Å²) in [5.41, 5.74) is 1.68. The molecule has 1 aliphatic rings. The van der Waals surface area contributed by atoms with Gasteiger partial charge in [-0.2, -0.15) is 0 Å². The summed E-state index contributed by atoms with van der Waals surface area (Å²) in [6, 6.07) is 7.86. The molecule has 4 aromatic rings. The average Bonchev–Trinajstić information content (AvgIpc) is 3.33. The van der Waals surface area contributed by atoms with Crippen LogP contribution in [0.3, 0.4) is 0 Å². The molecule has 1 N–H and O–H groups in total. The monoisotopic (exact) mass is 429 g/mol. The molecule has 0 spiro atoms. The van der Waals surface area contributed by atoms with Crippen LogP contribution >= 0.6 is 0 Å². The van der Waals surface area contributed by atoms with E-state index in [2.05, 4.69) is 15.0 Å². The third kappa shape index (κ3) is 3.03. The number of sulfone groups is 1. The second-order valence-corrected chi connectivity index (χ2v) is 9.47. The molecule has 0 amide bonds. The highest BCUT2D eigenvalue weighted by atomic mass is 32.2. The van der Waals surface area contributed by atoms with E-state index in [0.29, 0.717) is 42.2 Å². The predicted molar refractivity (Wildman–Crippen MR) is 111 cm³/mol. The van der Waals surface area contributed by atoms with Gasteiger partial charge in [-0.05, 0) is 37.3 Å². The van der Waals surface area contributed by atoms with Crippen LogP contribution in [0.4, 0.5) is 10.2 Å². The molecule has 3 aromatic heterocycles. The van der Waals surface area contributed by atoms with Gasteiger partial charge in [0, 0.05) is 35.5 Å². The normalized spacial score (nSPS) is 17.8. The van der Waals surface area contributed by atoms with Gasteiger partial charge < -0.3 is 14.6 Å². The summed E-state index contributed by atoms with van der Waals surface area (Å²) in [5, 5.41) is 5.33. The van der Waals surface area contributed by atoms with E-state index in [4.69, 9.17) is 9.72 Å². The first-order valence-corrected chi connectivity index (χ1v) is 11.4. The SMILES string of the molecule is CC1COCCN1c1nc(-c2cc(F)cc3[nH]ccc23)nn2c(S(C)(=O)=O)ccc12. The molecule has 0 aliphatic carbocycles. The summed E-state index contributed by atoms with van der Waals surface area (Å²) in [5.74, 6) is 0.417. The van der Waals surface area contributed by atoms with Crippen molar-refractivity contribution in [3.05, 3.63) is 42.3 Å². The minimum absolute atomic E-state index is 0.0432. The molecule has 0 saturated carbocycles. The second-order valence-electron chi connectivity index (χ2n) is 7.51. The van der Waals surface area contributed by atoms with Gasteiger partial charge in [-0.3, -0.25) is 0 Å². The van der Waals surface area contributed by atoms with Crippen LogP contribution in [0.2, 0.25) is 0 Å². The van der Waals surface area contributed by atoms with Crippen LogP contribution in [0.25, 0.3) is 27.8 Å². The molecule has 10 heteroatoms. The third-order valence-electron chi connectivity index (χ3n) is 5.35. The Morgan fingerprint density at radius 3 is 2.87 bits per heavy atom. The standard InChI is InChI=1S/C20H20FN5O3S/c1-12-11-29-8-7-25(12)20-17-3-4-18(30(2,27)28)26(17)24-19(23-20)15-9-13(21)10-16-14(15)5-6-22-16/h3-6,9-10,12,22H,7-8,11H2,1-2H3. The Bertz CT molecular complexity index is 1380. The molecule has 1 saturated heterocycles. The number of aromatic nitrogens is 4. The zero-order chi connectivity index (χ0) is 21.0. The van der Waals surface area contributed by atoms with Crippen LogP contribution in [-0.4, -0.2) is 60.1 Å². The van der Waals surface area contributed by atoms with Crippen LogP contribution in [0.5, 0.6) is 0 Å². The van der Waals surface area contributed by atoms with Gasteiger partial charge in [-0.25, -0.2) is 22.3 Å². The number of halogens is 1. The molecule has 8 nitrogen and oxygen atoms in total. The number of benzene rings is 1. The number of nitrogens with one attached hydrogen (secondary N) is 1. The first kappa shape index (κ1) is 19.0. The van der Waals surface area contributed by atoms with Crippen molar-refractivity contribution in [2.75, 3.05) is 30.9 Å². The lowest BCUT2D eigenvalue weighted by Crippen LogP contribution is -2.44. The van der Waals surface area contributed by atoms with Gasteiger partial charge in [0.15, 0.2) is 26.5 Å². The van der Waals surface area contributed by atoms with Crippen molar-refractivity contribution in [1.82, 2.24) is 19.6 Å². The van der Waals surface area contributed by atoms with Crippen molar-refractivity contribution >= 4 is 32.1 Å². The summed E-state index contributed by atoms with van der Waals surface area (Å²) in [4.78, 5) is 9.85. The van der Waals surface area contributed by atoms with Gasteiger partial charge in [0.2, 0.25) is 0 Å². The Morgan fingerprint density at radius 1 is 1.27 bits per heavy atom. The van der Waals surface area contributed by atoms with Crippen molar-refractivity contribution < 1.29 is 17.5 Å². The lowest BCUT2D eigenvalue weighted by atomic mass is 10.1. The maximum Gasteiger partial charge on any atom is 0.192 e. The van der Waals surface area contributed by atoms with Crippen molar-refractivity contribution in [3.63, 3.8) is 0 Å². The number of hydrogen-bond donors (Lipinski definition) is 1. The molecule has 0 bridgehead atoms. The van der Waals surface area contributed by atoms with E-state index in [1.54, 1.807) is 12.3 Å². The van der Waals surface area contributed by atoms with Gasteiger partial charge in [0.25, 0.3) is 0 Å². The number of hydrogen-bond acceptors (Lipinski definition) is 6. The number of fused-ring (bicyclic) bond motifs is 2. The van der Waals surface area contributed by atoms with Crippen molar-refractivity contribution in [1.29, 1.82) is 0 Å². The molecular weight excluding hydrogens is 409 g/mol. The van der Waals surface area contributed by atoms with Gasteiger partial charge in [0.1, 0.15) is 11.3 Å². The van der Waals surface area contributed by atoms with Gasteiger partial charge >= 0.3 is 0 Å². The minimum Gasteiger partial charge on any atom is -0.377 e. The second kappa shape index (κ2) is 6.78. The summed E-state index contributed by atoms with van der Waals surface area (Å²) in [6.45, 7) is 3.70. The first-order chi connectivity index (χ1) is 14.3. The number of ether oxygens (including phenoxy) is 1. The topological polar surface area (TPSA) is 92.6 Å². The molecule has 1 fully saturated rings. The Kier molecular flexibility index (Phi) is 4.30. The summed E-state index contributed by atoms with van der Waals surface area (Å²) < 4.78 is 45.9. The molecule has 0 radical (unpaired) electrons. The zero-order valence-electron chi connectivity index (χ0n) is 16.5. The maximum atomic E-state index is 14.3. The Balaban J connectivity index is 1.83. The Morgan fingerprint density at radius 2 is 2.10 bits per heavy atom. The minimum atomic E-state index is -3.54. The predicted octanol–water partition coefficient (Wildman–Crippen LogP) is 2.65. The highest BCUT2D eigenvalue weighted by Gasteiger charge is 2.26. The van der Waals surface area contributed by atoms with Crippen molar-refractivity contribution in [2.45, 2.75) is 18.0 Å². The van der Waals surface area contributed by atoms with Crippen LogP contribution < -0.4 is 4.90 Å². The Hall–Kier alpha value is -2.98. The average molecular weight is 429 g/mol. The highest BCUT2D eigenvalue weighted by Crippen LogP contribution is 2.32. The van der Waals surface area contributed by atoms with E-state index in [1.807, 2.05) is 13.0 Å². The van der Waals surface area contributed by atoms with Crippen LogP contribution in [0.15, 0.2) is 41.6 Å². The Labute approximate surface area is 172 Å². The van der Waals surface area contributed by atoms with Crippen LogP contribution in [0.1, 0.15) is 6.92 Å². The van der Waals surface area contributed by atoms with Gasteiger partial charge in [0.05, 0.1) is 19.3 Å². The van der Waals surface area contributed by atoms with E-state index < -0.39 is 15.7 Å². The maximum absolute atomic E-state index is 14.3. The van der Waals surface area contributed by atoms with Crippen LogP contribution in [0, 0.1) is 5.82 Å². The number of morpholine rings is 1. The van der Waals surface area contributed by atoms with E-state index in [0.717, 1.165) is 11.6 Å². The molecule has 30 heavy (non-hydrogen) atoms. The zero-order valence-corrected chi connectivity index (χ0v) is 17.3. The largest absolute Gasteiger partial charge is 0.377 e. The molecule has 1 aliphatic heterocycles. The van der Waals surface area contributed by atoms with Crippen molar-refractivity contribution in [2.24, 2.45) is 0 Å². The first-order valence-electron chi connectivity index (χ1n) is 9.54. The van der Waals surface area contributed by atoms with E-state index in [-0.39, 0.29) is 16.9 Å². The quantitative estimate of drug-likeness (QED) is 0.538. The van der Waals surface area contributed by atoms with Gasteiger partial charge in [-0.15, -0.1) is 5.10 Å². The molecule has 1 aromatic carbocycles. The summed E-state index contributed by atoms with van der Waals surface area (Å²) in [6.07, 6.45) is 2.86. The molecule has 4 heterocycles. The summed E-state index contributed by atoms with van der Waals surface area (Å²) in [7, 11) is -3.54. The number of rotatable bonds is 3. The number of H-pyrrole nitrogens is 1. The lowest BCUT2D eigenvalue weighted by molar-refractivity contribution is 0.0986. The van der Waals surface area contributed by atoms with Crippen LogP contribution in [-0.2, 0) is 14.6 Å². The number of nitrogens with zero attached hydrogens (tertiary/aromatic N) is 4. The fraction of sp³-hybridized carbons (Fsp3) is 0.300. The fourth-order valence-electron chi connectivity index (χ4n) is 3.92. The highest BCUT2D eigenvalue weighted by molar-refractivity contribution is 7.90. The van der Waals surface area contributed by atoms with Gasteiger partial charge in [-0.1, -0.05) is 0 Å². The number of anilines is 1. The molecule has 1 unspecified atom stereocenters.